The molecule has 0 saturated carbocycles. The Morgan fingerprint density at radius 2 is 2.10 bits per heavy atom. The zero-order valence-corrected chi connectivity index (χ0v) is 12.5. The minimum absolute atomic E-state index is 0.487. The molecule has 0 aliphatic carbocycles. The summed E-state index contributed by atoms with van der Waals surface area (Å²) < 4.78 is 1.93. The van der Waals surface area contributed by atoms with E-state index in [1.54, 1.807) is 0 Å². The Morgan fingerprint density at radius 3 is 2.60 bits per heavy atom. The first kappa shape index (κ1) is 15.0. The lowest BCUT2D eigenvalue weighted by atomic mass is 9.75. The molecule has 0 bridgehead atoms. The van der Waals surface area contributed by atoms with Crippen LogP contribution in [0.5, 0.6) is 0 Å². The molecule has 20 heavy (non-hydrogen) atoms. The number of hydrogen-bond acceptors (Lipinski definition) is 3. The predicted molar refractivity (Wildman–Crippen MR) is 77.4 cm³/mol. The van der Waals surface area contributed by atoms with Gasteiger partial charge in [0.15, 0.2) is 0 Å². The molecule has 0 atom stereocenters. The van der Waals surface area contributed by atoms with Gasteiger partial charge in [0.05, 0.1) is 11.6 Å². The highest BCUT2D eigenvalue weighted by atomic mass is 16.4. The zero-order chi connectivity index (χ0) is 14.6. The van der Waals surface area contributed by atoms with Crippen molar-refractivity contribution in [3.8, 4) is 0 Å². The van der Waals surface area contributed by atoms with Crippen molar-refractivity contribution < 1.29 is 9.90 Å². The second-order valence-corrected chi connectivity index (χ2v) is 5.82. The third-order valence-corrected chi connectivity index (χ3v) is 4.41. The molecule has 5 nitrogen and oxygen atoms in total. The van der Waals surface area contributed by atoms with Crippen molar-refractivity contribution in [3.05, 3.63) is 18.0 Å². The van der Waals surface area contributed by atoms with E-state index >= 15 is 0 Å². The monoisotopic (exact) mass is 279 g/mol. The SMILES string of the molecule is CCCC1(C(=O)O)CCN(Cc2cnn(CC)c2)CC1. The highest BCUT2D eigenvalue weighted by Crippen LogP contribution is 2.36. The molecular formula is C15H25N3O2. The number of likely N-dealkylation sites (tertiary alicyclic amines) is 1. The largest absolute Gasteiger partial charge is 0.481 e. The fourth-order valence-electron chi connectivity index (χ4n) is 3.11. The lowest BCUT2D eigenvalue weighted by Gasteiger charge is -2.38. The van der Waals surface area contributed by atoms with Crippen LogP contribution in [0.1, 0.15) is 45.1 Å². The van der Waals surface area contributed by atoms with Crippen molar-refractivity contribution in [2.75, 3.05) is 13.1 Å². The second kappa shape index (κ2) is 6.39. The first-order valence-electron chi connectivity index (χ1n) is 7.56. The Labute approximate surface area is 120 Å². The Kier molecular flexibility index (Phi) is 4.81. The van der Waals surface area contributed by atoms with E-state index in [0.29, 0.717) is 0 Å². The number of nitrogens with zero attached hydrogens (tertiary/aromatic N) is 3. The Bertz CT molecular complexity index is 448. The molecule has 5 heteroatoms. The molecular weight excluding hydrogens is 254 g/mol. The van der Waals surface area contributed by atoms with Gasteiger partial charge in [0.1, 0.15) is 0 Å². The summed E-state index contributed by atoms with van der Waals surface area (Å²) in [6.07, 6.45) is 7.25. The van der Waals surface area contributed by atoms with E-state index in [1.165, 1.54) is 5.56 Å². The number of rotatable bonds is 6. The first-order chi connectivity index (χ1) is 9.59. The molecule has 0 aromatic carbocycles. The highest BCUT2D eigenvalue weighted by molar-refractivity contribution is 5.74. The summed E-state index contributed by atoms with van der Waals surface area (Å²) in [5.41, 5.74) is 0.726. The van der Waals surface area contributed by atoms with Crippen LogP contribution in [0.25, 0.3) is 0 Å². The molecule has 2 rings (SSSR count). The summed E-state index contributed by atoms with van der Waals surface area (Å²) >= 11 is 0. The molecule has 1 fully saturated rings. The normalized spacial score (nSPS) is 19.1. The Balaban J connectivity index is 1.91. The topological polar surface area (TPSA) is 58.4 Å². The summed E-state index contributed by atoms with van der Waals surface area (Å²) in [6.45, 7) is 7.63. The van der Waals surface area contributed by atoms with Crippen LogP contribution in [0, 0.1) is 5.41 Å². The molecule has 0 unspecified atom stereocenters. The number of piperidine rings is 1. The van der Waals surface area contributed by atoms with E-state index in [-0.39, 0.29) is 0 Å². The second-order valence-electron chi connectivity index (χ2n) is 5.82. The average Bonchev–Trinajstić information content (AvgIpc) is 2.89. The highest BCUT2D eigenvalue weighted by Gasteiger charge is 2.40. The van der Waals surface area contributed by atoms with Crippen LogP contribution in [0.2, 0.25) is 0 Å². The van der Waals surface area contributed by atoms with Crippen LogP contribution < -0.4 is 0 Å². The molecule has 1 aromatic rings. The van der Waals surface area contributed by atoms with Crippen molar-refractivity contribution in [3.63, 3.8) is 0 Å². The van der Waals surface area contributed by atoms with Gasteiger partial charge in [0, 0.05) is 24.8 Å². The zero-order valence-electron chi connectivity index (χ0n) is 12.5. The van der Waals surface area contributed by atoms with Gasteiger partial charge in [-0.3, -0.25) is 14.4 Å². The average molecular weight is 279 g/mol. The smallest absolute Gasteiger partial charge is 0.309 e. The lowest BCUT2D eigenvalue weighted by molar-refractivity contribution is -0.152. The van der Waals surface area contributed by atoms with Gasteiger partial charge in [0.2, 0.25) is 0 Å². The van der Waals surface area contributed by atoms with Gasteiger partial charge in [0.25, 0.3) is 0 Å². The molecule has 1 aliphatic heterocycles. The van der Waals surface area contributed by atoms with Gasteiger partial charge >= 0.3 is 5.97 Å². The van der Waals surface area contributed by atoms with Crippen LogP contribution in [0.15, 0.2) is 12.4 Å². The van der Waals surface area contributed by atoms with Gasteiger partial charge in [-0.1, -0.05) is 13.3 Å². The Morgan fingerprint density at radius 1 is 1.40 bits per heavy atom. The molecule has 1 N–H and O–H groups in total. The molecule has 0 spiro atoms. The summed E-state index contributed by atoms with van der Waals surface area (Å²) in [5.74, 6) is -0.613. The van der Waals surface area contributed by atoms with E-state index in [9.17, 15) is 9.90 Å². The van der Waals surface area contributed by atoms with Crippen molar-refractivity contribution in [2.24, 2.45) is 5.41 Å². The molecule has 2 heterocycles. The molecule has 1 aromatic heterocycles. The maximum absolute atomic E-state index is 11.5. The Hall–Kier alpha value is -1.36. The first-order valence-corrected chi connectivity index (χ1v) is 7.56. The van der Waals surface area contributed by atoms with Crippen LogP contribution in [0.4, 0.5) is 0 Å². The number of carboxylic acids is 1. The number of aryl methyl sites for hydroxylation is 1. The van der Waals surface area contributed by atoms with Crippen molar-refractivity contribution in [2.45, 2.75) is 52.6 Å². The number of carboxylic acid groups (broad SMARTS) is 1. The van der Waals surface area contributed by atoms with Gasteiger partial charge < -0.3 is 5.11 Å². The molecule has 0 radical (unpaired) electrons. The fourth-order valence-corrected chi connectivity index (χ4v) is 3.11. The van der Waals surface area contributed by atoms with Crippen molar-refractivity contribution in [1.82, 2.24) is 14.7 Å². The van der Waals surface area contributed by atoms with Gasteiger partial charge in [-0.05, 0) is 39.3 Å². The van der Waals surface area contributed by atoms with Crippen molar-refractivity contribution >= 4 is 5.97 Å². The van der Waals surface area contributed by atoms with E-state index in [2.05, 4.69) is 30.0 Å². The summed E-state index contributed by atoms with van der Waals surface area (Å²) in [7, 11) is 0. The van der Waals surface area contributed by atoms with E-state index < -0.39 is 11.4 Å². The van der Waals surface area contributed by atoms with Gasteiger partial charge in [-0.15, -0.1) is 0 Å². The molecule has 1 saturated heterocycles. The van der Waals surface area contributed by atoms with E-state index in [0.717, 1.165) is 51.9 Å². The van der Waals surface area contributed by atoms with E-state index in [4.69, 9.17) is 0 Å². The predicted octanol–water partition coefficient (Wildman–Crippen LogP) is 2.37. The quantitative estimate of drug-likeness (QED) is 0.868. The fraction of sp³-hybridized carbons (Fsp3) is 0.733. The maximum Gasteiger partial charge on any atom is 0.309 e. The molecule has 112 valence electrons. The summed E-state index contributed by atoms with van der Waals surface area (Å²) in [6, 6.07) is 0. The van der Waals surface area contributed by atoms with Gasteiger partial charge in [-0.25, -0.2) is 0 Å². The number of aromatic nitrogens is 2. The maximum atomic E-state index is 11.5. The number of aliphatic carboxylic acids is 1. The summed E-state index contributed by atoms with van der Waals surface area (Å²) in [4.78, 5) is 13.9. The van der Waals surface area contributed by atoms with Crippen LogP contribution in [-0.2, 0) is 17.9 Å². The molecule has 1 aliphatic rings. The minimum atomic E-state index is -0.613. The van der Waals surface area contributed by atoms with E-state index in [1.807, 2.05) is 10.9 Å². The third kappa shape index (κ3) is 3.20. The number of carbonyl (C=O) groups is 1. The standard InChI is InChI=1S/C15H25N3O2/c1-3-5-15(14(19)20)6-8-17(9-7-15)11-13-10-16-18(4-2)12-13/h10,12H,3-9,11H2,1-2H3,(H,19,20). The number of hydrogen-bond donors (Lipinski definition) is 1. The van der Waals surface area contributed by atoms with Crippen LogP contribution in [0.3, 0.4) is 0 Å². The van der Waals surface area contributed by atoms with Gasteiger partial charge in [-0.2, -0.15) is 5.10 Å². The minimum Gasteiger partial charge on any atom is -0.481 e. The lowest BCUT2D eigenvalue weighted by Crippen LogP contribution is -2.44. The molecule has 0 amide bonds. The van der Waals surface area contributed by atoms with Crippen LogP contribution >= 0.6 is 0 Å². The summed E-state index contributed by atoms with van der Waals surface area (Å²) in [5, 5.41) is 13.8. The third-order valence-electron chi connectivity index (χ3n) is 4.41. The van der Waals surface area contributed by atoms with Crippen molar-refractivity contribution in [1.29, 1.82) is 0 Å². The van der Waals surface area contributed by atoms with Crippen LogP contribution in [-0.4, -0.2) is 38.8 Å².